The molecule has 94 valence electrons. The van der Waals surface area contributed by atoms with Gasteiger partial charge in [0.05, 0.1) is 25.4 Å². The van der Waals surface area contributed by atoms with Crippen molar-refractivity contribution in [2.24, 2.45) is 0 Å². The Balaban J connectivity index is 1.47. The van der Waals surface area contributed by atoms with Gasteiger partial charge in [-0.2, -0.15) is 0 Å². The molecule has 0 aromatic rings. The molecule has 0 heterocycles. The van der Waals surface area contributed by atoms with Crippen molar-refractivity contribution in [1.29, 1.82) is 0 Å². The third-order valence-corrected chi connectivity index (χ3v) is 3.89. The number of hydrogen-bond acceptors (Lipinski definition) is 2. The van der Waals surface area contributed by atoms with Crippen molar-refractivity contribution in [2.75, 3.05) is 13.2 Å². The molecule has 2 aliphatic carbocycles. The maximum Gasteiger partial charge on any atom is 0.0704 e. The number of rotatable bonds is 5. The second-order valence-electron chi connectivity index (χ2n) is 5.26. The van der Waals surface area contributed by atoms with Gasteiger partial charge in [-0.15, -0.1) is 0 Å². The molecule has 0 radical (unpaired) electrons. The zero-order valence-corrected chi connectivity index (χ0v) is 10.5. The highest BCUT2D eigenvalue weighted by Gasteiger charge is 2.15. The van der Waals surface area contributed by atoms with Crippen LogP contribution >= 0.6 is 0 Å². The summed E-state index contributed by atoms with van der Waals surface area (Å²) in [6.07, 6.45) is 14.4. The topological polar surface area (TPSA) is 18.5 Å². The van der Waals surface area contributed by atoms with Crippen LogP contribution < -0.4 is 0 Å². The summed E-state index contributed by atoms with van der Waals surface area (Å²) in [4.78, 5) is 0. The van der Waals surface area contributed by atoms with Crippen LogP contribution in [0.15, 0.2) is 0 Å². The van der Waals surface area contributed by atoms with E-state index in [2.05, 4.69) is 0 Å². The fourth-order valence-corrected chi connectivity index (χ4v) is 2.89. The van der Waals surface area contributed by atoms with Gasteiger partial charge in [-0.3, -0.25) is 0 Å². The van der Waals surface area contributed by atoms with Gasteiger partial charge in [-0.25, -0.2) is 0 Å². The van der Waals surface area contributed by atoms with Gasteiger partial charge in [0.1, 0.15) is 0 Å². The predicted molar refractivity (Wildman–Crippen MR) is 65.7 cm³/mol. The van der Waals surface area contributed by atoms with Gasteiger partial charge in [0.15, 0.2) is 0 Å². The highest BCUT2D eigenvalue weighted by atomic mass is 16.5. The standard InChI is InChI=1S/C14H26O2/c1-3-7-13(8-4-1)15-11-12-16-14-9-5-2-6-10-14/h13-14H,1-12H2. The van der Waals surface area contributed by atoms with Crippen LogP contribution in [0.3, 0.4) is 0 Å². The lowest BCUT2D eigenvalue weighted by molar-refractivity contribution is -0.0400. The van der Waals surface area contributed by atoms with E-state index in [1.165, 1.54) is 64.2 Å². The molecule has 2 aliphatic rings. The molecule has 0 aliphatic heterocycles. The Morgan fingerprint density at radius 2 is 0.938 bits per heavy atom. The van der Waals surface area contributed by atoms with Gasteiger partial charge >= 0.3 is 0 Å². The number of ether oxygens (including phenoxy) is 2. The van der Waals surface area contributed by atoms with Crippen LogP contribution in [0, 0.1) is 0 Å². The lowest BCUT2D eigenvalue weighted by Crippen LogP contribution is -2.22. The minimum absolute atomic E-state index is 0.531. The van der Waals surface area contributed by atoms with Gasteiger partial charge in [0.25, 0.3) is 0 Å². The van der Waals surface area contributed by atoms with Crippen molar-refractivity contribution in [3.05, 3.63) is 0 Å². The van der Waals surface area contributed by atoms with Gasteiger partial charge in [-0.1, -0.05) is 38.5 Å². The van der Waals surface area contributed by atoms with Crippen molar-refractivity contribution in [3.8, 4) is 0 Å². The lowest BCUT2D eigenvalue weighted by atomic mass is 9.98. The van der Waals surface area contributed by atoms with E-state index in [1.54, 1.807) is 0 Å². The van der Waals surface area contributed by atoms with Crippen molar-refractivity contribution in [1.82, 2.24) is 0 Å². The van der Waals surface area contributed by atoms with E-state index in [9.17, 15) is 0 Å². The lowest BCUT2D eigenvalue weighted by Gasteiger charge is -2.24. The van der Waals surface area contributed by atoms with Crippen LogP contribution in [0.1, 0.15) is 64.2 Å². The van der Waals surface area contributed by atoms with Gasteiger partial charge in [0, 0.05) is 0 Å². The predicted octanol–water partition coefficient (Wildman–Crippen LogP) is 3.69. The summed E-state index contributed by atoms with van der Waals surface area (Å²) in [6, 6.07) is 0. The first-order valence-electron chi connectivity index (χ1n) is 7.18. The molecule has 0 saturated heterocycles. The summed E-state index contributed by atoms with van der Waals surface area (Å²) in [6.45, 7) is 1.61. The van der Waals surface area contributed by atoms with Crippen LogP contribution in [0.4, 0.5) is 0 Å². The summed E-state index contributed by atoms with van der Waals surface area (Å²) >= 11 is 0. The molecule has 16 heavy (non-hydrogen) atoms. The molecule has 2 heteroatoms. The maximum absolute atomic E-state index is 5.85. The third kappa shape index (κ3) is 4.42. The normalized spacial score (nSPS) is 24.8. The van der Waals surface area contributed by atoms with Gasteiger partial charge in [-0.05, 0) is 25.7 Å². The van der Waals surface area contributed by atoms with Crippen LogP contribution in [0.2, 0.25) is 0 Å². The quantitative estimate of drug-likeness (QED) is 0.666. The molecular formula is C14H26O2. The minimum atomic E-state index is 0.531. The summed E-state index contributed by atoms with van der Waals surface area (Å²) in [5.74, 6) is 0. The summed E-state index contributed by atoms with van der Waals surface area (Å²) in [7, 11) is 0. The van der Waals surface area contributed by atoms with Crippen molar-refractivity contribution in [3.63, 3.8) is 0 Å². The Morgan fingerprint density at radius 1 is 0.562 bits per heavy atom. The molecule has 0 amide bonds. The van der Waals surface area contributed by atoms with E-state index in [0.717, 1.165) is 13.2 Å². The molecule has 0 unspecified atom stereocenters. The average Bonchev–Trinajstić information content (AvgIpc) is 2.37. The molecule has 0 atom stereocenters. The third-order valence-electron chi connectivity index (χ3n) is 3.89. The molecule has 2 saturated carbocycles. The monoisotopic (exact) mass is 226 g/mol. The zero-order chi connectivity index (χ0) is 11.1. The molecule has 0 N–H and O–H groups in total. The van der Waals surface area contributed by atoms with Crippen LogP contribution in [-0.2, 0) is 9.47 Å². The maximum atomic E-state index is 5.85. The molecule has 0 aromatic carbocycles. The van der Waals surface area contributed by atoms with Crippen molar-refractivity contribution in [2.45, 2.75) is 76.4 Å². The summed E-state index contributed by atoms with van der Waals surface area (Å²) in [5, 5.41) is 0. The van der Waals surface area contributed by atoms with E-state index >= 15 is 0 Å². The van der Waals surface area contributed by atoms with E-state index in [1.807, 2.05) is 0 Å². The molecule has 2 nitrogen and oxygen atoms in total. The highest BCUT2D eigenvalue weighted by molar-refractivity contribution is 4.66. The second-order valence-corrected chi connectivity index (χ2v) is 5.26. The molecular weight excluding hydrogens is 200 g/mol. The Morgan fingerprint density at radius 3 is 1.31 bits per heavy atom. The van der Waals surface area contributed by atoms with E-state index in [4.69, 9.17) is 9.47 Å². The largest absolute Gasteiger partial charge is 0.376 e. The molecule has 0 aromatic heterocycles. The Bertz CT molecular complexity index is 150. The summed E-state index contributed by atoms with van der Waals surface area (Å²) < 4.78 is 11.7. The van der Waals surface area contributed by atoms with E-state index < -0.39 is 0 Å². The van der Waals surface area contributed by atoms with Crippen LogP contribution in [-0.4, -0.2) is 25.4 Å². The van der Waals surface area contributed by atoms with E-state index in [0.29, 0.717) is 12.2 Å². The SMILES string of the molecule is C1CCC(OCCOC2CCCCC2)CC1. The molecule has 0 spiro atoms. The average molecular weight is 226 g/mol. The smallest absolute Gasteiger partial charge is 0.0704 e. The first-order valence-corrected chi connectivity index (χ1v) is 7.18. The number of hydrogen-bond donors (Lipinski definition) is 0. The van der Waals surface area contributed by atoms with Gasteiger partial charge in [0.2, 0.25) is 0 Å². The highest BCUT2D eigenvalue weighted by Crippen LogP contribution is 2.21. The van der Waals surface area contributed by atoms with E-state index in [-0.39, 0.29) is 0 Å². The van der Waals surface area contributed by atoms with Crippen molar-refractivity contribution < 1.29 is 9.47 Å². The Kier molecular flexibility index (Phi) is 5.64. The first kappa shape index (κ1) is 12.4. The molecule has 0 bridgehead atoms. The zero-order valence-electron chi connectivity index (χ0n) is 10.5. The molecule has 2 fully saturated rings. The summed E-state index contributed by atoms with van der Waals surface area (Å²) in [5.41, 5.74) is 0. The fourth-order valence-electron chi connectivity index (χ4n) is 2.89. The minimum Gasteiger partial charge on any atom is -0.376 e. The first-order chi connectivity index (χ1) is 7.95. The molecule has 2 rings (SSSR count). The van der Waals surface area contributed by atoms with Crippen molar-refractivity contribution >= 4 is 0 Å². The fraction of sp³-hybridized carbons (Fsp3) is 1.00. The Labute approximate surface area is 99.7 Å². The van der Waals surface area contributed by atoms with Gasteiger partial charge < -0.3 is 9.47 Å². The second kappa shape index (κ2) is 7.29. The van der Waals surface area contributed by atoms with Crippen LogP contribution in [0.25, 0.3) is 0 Å². The Hall–Kier alpha value is -0.0800. The van der Waals surface area contributed by atoms with Crippen LogP contribution in [0.5, 0.6) is 0 Å².